The van der Waals surface area contributed by atoms with Gasteiger partial charge in [0.1, 0.15) is 5.82 Å². The SMILES string of the molecule is Cc1ccc(NC(=O)c2cc(Br)ccc2F)cc1Br. The molecule has 2 aromatic rings. The van der Waals surface area contributed by atoms with Gasteiger partial charge in [-0.1, -0.05) is 37.9 Å². The molecular formula is C14H10Br2FNO. The lowest BCUT2D eigenvalue weighted by Crippen LogP contribution is -2.13. The molecule has 0 heterocycles. The summed E-state index contributed by atoms with van der Waals surface area (Å²) in [6, 6.07) is 9.68. The highest BCUT2D eigenvalue weighted by Gasteiger charge is 2.12. The van der Waals surface area contributed by atoms with Gasteiger partial charge in [0.2, 0.25) is 0 Å². The molecular weight excluding hydrogens is 377 g/mol. The second kappa shape index (κ2) is 5.84. The van der Waals surface area contributed by atoms with Crippen molar-refractivity contribution in [3.05, 3.63) is 62.3 Å². The van der Waals surface area contributed by atoms with Crippen LogP contribution in [-0.2, 0) is 0 Å². The van der Waals surface area contributed by atoms with Gasteiger partial charge in [0.05, 0.1) is 5.56 Å². The number of carbonyl (C=O) groups excluding carboxylic acids is 1. The minimum atomic E-state index is -0.549. The van der Waals surface area contributed by atoms with Gasteiger partial charge in [0, 0.05) is 14.6 Å². The smallest absolute Gasteiger partial charge is 0.258 e. The molecule has 2 aromatic carbocycles. The summed E-state index contributed by atoms with van der Waals surface area (Å²) in [5.41, 5.74) is 1.68. The number of nitrogens with one attached hydrogen (secondary N) is 1. The number of anilines is 1. The number of hydrogen-bond donors (Lipinski definition) is 1. The van der Waals surface area contributed by atoms with Crippen molar-refractivity contribution in [3.63, 3.8) is 0 Å². The van der Waals surface area contributed by atoms with Crippen LogP contribution in [0.4, 0.5) is 10.1 Å². The molecule has 2 nitrogen and oxygen atoms in total. The second-order valence-corrected chi connectivity index (χ2v) is 5.81. The van der Waals surface area contributed by atoms with Crippen LogP contribution >= 0.6 is 31.9 Å². The normalized spacial score (nSPS) is 10.3. The first-order chi connectivity index (χ1) is 8.97. The van der Waals surface area contributed by atoms with Gasteiger partial charge >= 0.3 is 0 Å². The maximum Gasteiger partial charge on any atom is 0.258 e. The Morgan fingerprint density at radius 1 is 1.16 bits per heavy atom. The van der Waals surface area contributed by atoms with Crippen molar-refractivity contribution in [2.24, 2.45) is 0 Å². The molecule has 5 heteroatoms. The molecule has 0 aromatic heterocycles. The fraction of sp³-hybridized carbons (Fsp3) is 0.0714. The van der Waals surface area contributed by atoms with Crippen LogP contribution in [0.3, 0.4) is 0 Å². The molecule has 1 amide bonds. The molecule has 2 rings (SSSR count). The zero-order chi connectivity index (χ0) is 14.0. The van der Waals surface area contributed by atoms with Gasteiger partial charge in [-0.2, -0.15) is 0 Å². The Bertz CT molecular complexity index is 643. The highest BCUT2D eigenvalue weighted by Crippen LogP contribution is 2.22. The van der Waals surface area contributed by atoms with Crippen LogP contribution in [-0.4, -0.2) is 5.91 Å². The van der Waals surface area contributed by atoms with Crippen molar-refractivity contribution in [1.82, 2.24) is 0 Å². The predicted molar refractivity (Wildman–Crippen MR) is 80.9 cm³/mol. The Labute approximate surface area is 127 Å². The fourth-order valence-corrected chi connectivity index (χ4v) is 2.28. The highest BCUT2D eigenvalue weighted by molar-refractivity contribution is 9.10. The molecule has 0 radical (unpaired) electrons. The molecule has 0 saturated heterocycles. The Morgan fingerprint density at radius 2 is 1.89 bits per heavy atom. The summed E-state index contributed by atoms with van der Waals surface area (Å²) in [5, 5.41) is 2.66. The molecule has 0 aliphatic rings. The zero-order valence-electron chi connectivity index (χ0n) is 10.0. The number of rotatable bonds is 2. The Hall–Kier alpha value is -1.20. The Kier molecular flexibility index (Phi) is 4.37. The van der Waals surface area contributed by atoms with Gasteiger partial charge in [-0.15, -0.1) is 0 Å². The summed E-state index contributed by atoms with van der Waals surface area (Å²) in [6.45, 7) is 1.95. The van der Waals surface area contributed by atoms with Crippen molar-refractivity contribution in [2.75, 3.05) is 5.32 Å². The van der Waals surface area contributed by atoms with E-state index in [4.69, 9.17) is 0 Å². The Balaban J connectivity index is 2.25. The summed E-state index contributed by atoms with van der Waals surface area (Å²) >= 11 is 6.60. The maximum absolute atomic E-state index is 13.6. The van der Waals surface area contributed by atoms with Crippen molar-refractivity contribution >= 4 is 43.5 Å². The minimum absolute atomic E-state index is 0.00562. The summed E-state index contributed by atoms with van der Waals surface area (Å²) in [6.07, 6.45) is 0. The lowest BCUT2D eigenvalue weighted by atomic mass is 10.2. The molecule has 19 heavy (non-hydrogen) atoms. The van der Waals surface area contributed by atoms with Crippen LogP contribution < -0.4 is 5.32 Å². The van der Waals surface area contributed by atoms with Crippen LogP contribution in [0.1, 0.15) is 15.9 Å². The van der Waals surface area contributed by atoms with Crippen LogP contribution in [0.2, 0.25) is 0 Å². The van der Waals surface area contributed by atoms with E-state index in [1.165, 1.54) is 12.1 Å². The predicted octanol–water partition coefficient (Wildman–Crippen LogP) is 4.91. The third-order valence-corrected chi connectivity index (χ3v) is 3.95. The second-order valence-electron chi connectivity index (χ2n) is 4.04. The summed E-state index contributed by atoms with van der Waals surface area (Å²) in [4.78, 5) is 12.0. The molecule has 0 bridgehead atoms. The summed E-state index contributed by atoms with van der Waals surface area (Å²) in [5.74, 6) is -1.03. The quantitative estimate of drug-likeness (QED) is 0.780. The van der Waals surface area contributed by atoms with E-state index >= 15 is 0 Å². The number of carbonyl (C=O) groups is 1. The standard InChI is InChI=1S/C14H10Br2FNO/c1-8-2-4-10(7-12(8)16)18-14(19)11-6-9(15)3-5-13(11)17/h2-7H,1H3,(H,18,19). The summed E-state index contributed by atoms with van der Waals surface area (Å²) in [7, 11) is 0. The van der Waals surface area contributed by atoms with E-state index in [1.807, 2.05) is 13.0 Å². The van der Waals surface area contributed by atoms with E-state index in [-0.39, 0.29) is 5.56 Å². The van der Waals surface area contributed by atoms with Crippen LogP contribution in [0.15, 0.2) is 45.3 Å². The van der Waals surface area contributed by atoms with E-state index in [0.29, 0.717) is 10.2 Å². The fourth-order valence-electron chi connectivity index (χ4n) is 1.54. The monoisotopic (exact) mass is 385 g/mol. The topological polar surface area (TPSA) is 29.1 Å². The Morgan fingerprint density at radius 3 is 2.58 bits per heavy atom. The van der Waals surface area contributed by atoms with Gasteiger partial charge < -0.3 is 5.32 Å². The first-order valence-corrected chi connectivity index (χ1v) is 7.08. The van der Waals surface area contributed by atoms with Crippen LogP contribution in [0.5, 0.6) is 0 Å². The van der Waals surface area contributed by atoms with Crippen molar-refractivity contribution in [2.45, 2.75) is 6.92 Å². The van der Waals surface area contributed by atoms with E-state index in [1.54, 1.807) is 18.2 Å². The molecule has 0 spiro atoms. The van der Waals surface area contributed by atoms with E-state index in [0.717, 1.165) is 10.0 Å². The average molecular weight is 387 g/mol. The molecule has 0 aliphatic heterocycles. The van der Waals surface area contributed by atoms with Crippen molar-refractivity contribution in [1.29, 1.82) is 0 Å². The average Bonchev–Trinajstić information content (AvgIpc) is 2.36. The number of aryl methyl sites for hydroxylation is 1. The first kappa shape index (κ1) is 14.2. The molecule has 0 atom stereocenters. The van der Waals surface area contributed by atoms with E-state index in [9.17, 15) is 9.18 Å². The number of halogens is 3. The molecule has 0 fully saturated rings. The largest absolute Gasteiger partial charge is 0.322 e. The van der Waals surface area contributed by atoms with Gasteiger partial charge in [0.25, 0.3) is 5.91 Å². The van der Waals surface area contributed by atoms with Crippen LogP contribution in [0, 0.1) is 12.7 Å². The van der Waals surface area contributed by atoms with Crippen molar-refractivity contribution in [3.8, 4) is 0 Å². The third-order valence-electron chi connectivity index (χ3n) is 2.60. The van der Waals surface area contributed by atoms with Gasteiger partial charge in [-0.05, 0) is 42.8 Å². The van der Waals surface area contributed by atoms with Crippen LogP contribution in [0.25, 0.3) is 0 Å². The third kappa shape index (κ3) is 3.42. The summed E-state index contributed by atoms with van der Waals surface area (Å²) < 4.78 is 15.1. The molecule has 0 unspecified atom stereocenters. The first-order valence-electron chi connectivity index (χ1n) is 5.50. The van der Waals surface area contributed by atoms with Crippen molar-refractivity contribution < 1.29 is 9.18 Å². The van der Waals surface area contributed by atoms with E-state index < -0.39 is 11.7 Å². The van der Waals surface area contributed by atoms with Gasteiger partial charge in [-0.25, -0.2) is 4.39 Å². The highest BCUT2D eigenvalue weighted by atomic mass is 79.9. The van der Waals surface area contributed by atoms with Gasteiger partial charge in [0.15, 0.2) is 0 Å². The lowest BCUT2D eigenvalue weighted by Gasteiger charge is -2.08. The molecule has 98 valence electrons. The zero-order valence-corrected chi connectivity index (χ0v) is 13.2. The molecule has 0 saturated carbocycles. The minimum Gasteiger partial charge on any atom is -0.322 e. The van der Waals surface area contributed by atoms with Gasteiger partial charge in [-0.3, -0.25) is 4.79 Å². The lowest BCUT2D eigenvalue weighted by molar-refractivity contribution is 0.102. The van der Waals surface area contributed by atoms with E-state index in [2.05, 4.69) is 37.2 Å². The maximum atomic E-state index is 13.6. The molecule has 1 N–H and O–H groups in total. The number of benzene rings is 2. The number of amides is 1. The molecule has 0 aliphatic carbocycles. The number of hydrogen-bond acceptors (Lipinski definition) is 1.